The molecule has 1 heterocycles. The van der Waals surface area contributed by atoms with Crippen molar-refractivity contribution in [2.45, 2.75) is 51.8 Å². The quantitative estimate of drug-likeness (QED) is 0.242. The molecule has 0 fully saturated rings. The lowest BCUT2D eigenvalue weighted by atomic mass is 10.00. The highest BCUT2D eigenvalue weighted by molar-refractivity contribution is 7.92. The Labute approximate surface area is 220 Å². The number of carbonyl (C=O) groups is 1. The molecule has 0 bridgehead atoms. The number of sulfonamides is 1. The van der Waals surface area contributed by atoms with Crippen LogP contribution in [0.1, 0.15) is 47.4 Å². The highest BCUT2D eigenvalue weighted by Crippen LogP contribution is 2.14. The summed E-state index contributed by atoms with van der Waals surface area (Å²) >= 11 is 0. The van der Waals surface area contributed by atoms with Crippen molar-refractivity contribution in [2.24, 2.45) is 0 Å². The van der Waals surface area contributed by atoms with Crippen LogP contribution in [0.4, 0.5) is 14.8 Å². The van der Waals surface area contributed by atoms with Crippen LogP contribution in [0.15, 0.2) is 53.1 Å². The smallest absolute Gasteiger partial charge is 0.309 e. The average molecular weight is 551 g/mol. The van der Waals surface area contributed by atoms with Gasteiger partial charge in [0.2, 0.25) is 10.0 Å². The fourth-order valence-electron chi connectivity index (χ4n) is 3.85. The van der Waals surface area contributed by atoms with Crippen molar-refractivity contribution in [1.29, 1.82) is 0 Å². The van der Waals surface area contributed by atoms with Crippen LogP contribution in [0.3, 0.4) is 0 Å². The number of hydrogen-bond acceptors (Lipinski definition) is 7. The summed E-state index contributed by atoms with van der Waals surface area (Å²) in [6, 6.07) is 9.60. The molecule has 3 rings (SSSR count). The second kappa shape index (κ2) is 13.4. The minimum Gasteiger partial charge on any atom is -0.431 e. The van der Waals surface area contributed by atoms with Gasteiger partial charge in [0.25, 0.3) is 5.91 Å². The third-order valence-corrected chi connectivity index (χ3v) is 7.12. The number of hydrogen-bond donors (Lipinski definition) is 4. The number of oxazole rings is 1. The first-order valence-corrected chi connectivity index (χ1v) is 13.9. The van der Waals surface area contributed by atoms with Gasteiger partial charge in [0.1, 0.15) is 17.9 Å². The number of aromatic nitrogens is 1. The Morgan fingerprint density at radius 3 is 2.47 bits per heavy atom. The van der Waals surface area contributed by atoms with Crippen LogP contribution in [-0.4, -0.2) is 48.9 Å². The highest BCUT2D eigenvalue weighted by atomic mass is 32.2. The number of amides is 1. The van der Waals surface area contributed by atoms with E-state index in [0.29, 0.717) is 13.0 Å². The Morgan fingerprint density at radius 2 is 1.79 bits per heavy atom. The fraction of sp³-hybridized carbons (Fsp3) is 0.385. The minimum atomic E-state index is -3.68. The van der Waals surface area contributed by atoms with E-state index in [-0.39, 0.29) is 36.0 Å². The maximum Gasteiger partial charge on any atom is 0.309 e. The van der Waals surface area contributed by atoms with Crippen LogP contribution in [0.25, 0.3) is 0 Å². The lowest BCUT2D eigenvalue weighted by molar-refractivity contribution is 0.0825. The van der Waals surface area contributed by atoms with Gasteiger partial charge in [0.15, 0.2) is 5.69 Å². The van der Waals surface area contributed by atoms with E-state index in [2.05, 4.69) is 27.3 Å². The normalized spacial score (nSPS) is 13.2. The maximum absolute atomic E-state index is 13.8. The second-order valence-corrected chi connectivity index (χ2v) is 10.7. The molecule has 38 heavy (non-hydrogen) atoms. The summed E-state index contributed by atoms with van der Waals surface area (Å²) in [4.78, 5) is 16.7. The van der Waals surface area contributed by atoms with Crippen LogP contribution >= 0.6 is 0 Å². The van der Waals surface area contributed by atoms with E-state index in [1.807, 2.05) is 24.3 Å². The molecule has 0 radical (unpaired) electrons. The van der Waals surface area contributed by atoms with Gasteiger partial charge in [-0.05, 0) is 48.1 Å². The molecule has 206 valence electrons. The summed E-state index contributed by atoms with van der Waals surface area (Å²) in [6.07, 6.45) is 1.01. The zero-order valence-corrected chi connectivity index (χ0v) is 22.0. The lowest BCUT2D eigenvalue weighted by Crippen LogP contribution is -2.48. The monoisotopic (exact) mass is 550 g/mol. The summed E-state index contributed by atoms with van der Waals surface area (Å²) < 4.78 is 58.6. The third kappa shape index (κ3) is 8.89. The van der Waals surface area contributed by atoms with Gasteiger partial charge in [0, 0.05) is 19.2 Å². The Kier molecular flexibility index (Phi) is 10.3. The number of nitrogens with zero attached hydrogens (tertiary/aromatic N) is 1. The van der Waals surface area contributed by atoms with Gasteiger partial charge in [-0.1, -0.05) is 38.1 Å². The predicted molar refractivity (Wildman–Crippen MR) is 139 cm³/mol. The highest BCUT2D eigenvalue weighted by Gasteiger charge is 2.25. The van der Waals surface area contributed by atoms with E-state index in [1.165, 1.54) is 5.56 Å². The molecular weight excluding hydrogens is 518 g/mol. The van der Waals surface area contributed by atoms with Crippen LogP contribution < -0.4 is 15.4 Å². The number of anilines is 1. The molecule has 0 spiro atoms. The van der Waals surface area contributed by atoms with Gasteiger partial charge in [-0.3, -0.25) is 4.79 Å². The van der Waals surface area contributed by atoms with Gasteiger partial charge in [-0.2, -0.15) is 4.98 Å². The Bertz CT molecular complexity index is 1310. The molecule has 12 heteroatoms. The van der Waals surface area contributed by atoms with Crippen molar-refractivity contribution in [3.8, 4) is 0 Å². The molecule has 0 saturated heterocycles. The standard InChI is InChI=1S/C26H32F2N4O5S/c1-3-8-38(35,36)32-26-31-23(16-37-26)25(34)30-22(12-19-10-20(27)13-21(28)11-19)24(33)15-29-14-18-7-5-6-17(4-2)9-18/h5-7,9-11,13,16,22,24,29,33H,3-4,8,12,14-15H2,1-2H3,(H,30,34)(H,31,32). The molecule has 0 aliphatic heterocycles. The molecule has 2 aromatic carbocycles. The summed E-state index contributed by atoms with van der Waals surface area (Å²) in [7, 11) is -3.68. The summed E-state index contributed by atoms with van der Waals surface area (Å²) in [5.74, 6) is -2.47. The molecule has 2 atom stereocenters. The van der Waals surface area contributed by atoms with Crippen molar-refractivity contribution < 1.29 is 31.5 Å². The summed E-state index contributed by atoms with van der Waals surface area (Å²) in [6.45, 7) is 4.28. The Hall–Kier alpha value is -3.35. The first-order chi connectivity index (χ1) is 18.1. The molecule has 2 unspecified atom stereocenters. The zero-order valence-electron chi connectivity index (χ0n) is 21.2. The zero-order chi connectivity index (χ0) is 27.7. The first kappa shape index (κ1) is 29.2. The molecule has 3 aromatic rings. The number of rotatable bonds is 14. The number of halogens is 2. The van der Waals surface area contributed by atoms with E-state index in [9.17, 15) is 27.1 Å². The number of aliphatic hydroxyl groups is 1. The molecule has 1 amide bonds. The van der Waals surface area contributed by atoms with E-state index >= 15 is 0 Å². The molecule has 1 aromatic heterocycles. The predicted octanol–water partition coefficient (Wildman–Crippen LogP) is 3.16. The molecule has 0 aliphatic rings. The summed E-state index contributed by atoms with van der Waals surface area (Å²) in [5, 5.41) is 16.7. The van der Waals surface area contributed by atoms with E-state index in [4.69, 9.17) is 4.42 Å². The van der Waals surface area contributed by atoms with Gasteiger partial charge >= 0.3 is 6.01 Å². The lowest BCUT2D eigenvalue weighted by Gasteiger charge is -2.24. The summed E-state index contributed by atoms with van der Waals surface area (Å²) in [5.41, 5.74) is 2.19. The molecule has 0 saturated carbocycles. The number of aryl methyl sites for hydroxylation is 1. The number of nitrogens with one attached hydrogen (secondary N) is 3. The van der Waals surface area contributed by atoms with Crippen LogP contribution in [0.2, 0.25) is 0 Å². The fourth-order valence-corrected chi connectivity index (χ4v) is 4.85. The molecule has 9 nitrogen and oxygen atoms in total. The number of aliphatic hydroxyl groups excluding tert-OH is 1. The second-order valence-electron chi connectivity index (χ2n) is 8.89. The minimum absolute atomic E-state index is 0.0694. The van der Waals surface area contributed by atoms with Gasteiger partial charge in [0.05, 0.1) is 17.9 Å². The number of benzene rings is 2. The van der Waals surface area contributed by atoms with E-state index < -0.39 is 39.7 Å². The average Bonchev–Trinajstić information content (AvgIpc) is 3.30. The van der Waals surface area contributed by atoms with Crippen molar-refractivity contribution in [3.05, 3.63) is 82.7 Å². The number of carbonyl (C=O) groups excluding carboxylic acids is 1. The van der Waals surface area contributed by atoms with Crippen LogP contribution in [0, 0.1) is 11.6 Å². The maximum atomic E-state index is 13.8. The molecule has 4 N–H and O–H groups in total. The Balaban J connectivity index is 1.71. The molecule has 0 aliphatic carbocycles. The van der Waals surface area contributed by atoms with Crippen molar-refractivity contribution in [1.82, 2.24) is 15.6 Å². The van der Waals surface area contributed by atoms with Crippen molar-refractivity contribution in [2.75, 3.05) is 17.0 Å². The van der Waals surface area contributed by atoms with Crippen LogP contribution in [0.5, 0.6) is 0 Å². The van der Waals surface area contributed by atoms with Gasteiger partial charge in [-0.25, -0.2) is 21.9 Å². The van der Waals surface area contributed by atoms with E-state index in [0.717, 1.165) is 36.4 Å². The van der Waals surface area contributed by atoms with Crippen LogP contribution in [-0.2, 0) is 29.4 Å². The largest absolute Gasteiger partial charge is 0.431 e. The first-order valence-electron chi connectivity index (χ1n) is 12.3. The van der Waals surface area contributed by atoms with Crippen molar-refractivity contribution >= 4 is 21.9 Å². The third-order valence-electron chi connectivity index (χ3n) is 5.69. The van der Waals surface area contributed by atoms with Gasteiger partial charge < -0.3 is 20.2 Å². The SMILES string of the molecule is CCCS(=O)(=O)Nc1nc(C(=O)NC(Cc2cc(F)cc(F)c2)C(O)CNCc2cccc(CC)c2)co1. The topological polar surface area (TPSA) is 134 Å². The molecular formula is C26H32F2N4O5S. The van der Waals surface area contributed by atoms with Crippen molar-refractivity contribution in [3.63, 3.8) is 0 Å². The van der Waals surface area contributed by atoms with Gasteiger partial charge in [-0.15, -0.1) is 0 Å². The van der Waals surface area contributed by atoms with E-state index in [1.54, 1.807) is 6.92 Å². The Morgan fingerprint density at radius 1 is 1.08 bits per heavy atom.